The van der Waals surface area contributed by atoms with Crippen LogP contribution in [0.4, 0.5) is 13.2 Å². The second kappa shape index (κ2) is 8.51. The van der Waals surface area contributed by atoms with Crippen LogP contribution in [0.15, 0.2) is 54.6 Å². The van der Waals surface area contributed by atoms with Crippen LogP contribution in [0, 0.1) is 0 Å². The Balaban J connectivity index is 2.16. The van der Waals surface area contributed by atoms with Crippen LogP contribution in [0.2, 0.25) is 0 Å². The fourth-order valence-electron chi connectivity index (χ4n) is 2.56. The van der Waals surface area contributed by atoms with Gasteiger partial charge < -0.3 is 10.1 Å². The molecule has 0 aliphatic carbocycles. The first-order valence-corrected chi connectivity index (χ1v) is 7.87. The van der Waals surface area contributed by atoms with Crippen LogP contribution in [-0.4, -0.2) is 25.0 Å². The van der Waals surface area contributed by atoms with E-state index in [1.807, 2.05) is 0 Å². The highest BCUT2D eigenvalue weighted by molar-refractivity contribution is 5.85. The van der Waals surface area contributed by atoms with Gasteiger partial charge in [0.1, 0.15) is 6.04 Å². The summed E-state index contributed by atoms with van der Waals surface area (Å²) in [4.78, 5) is 24.1. The van der Waals surface area contributed by atoms with E-state index in [0.717, 1.165) is 18.7 Å². The molecule has 0 saturated heterocycles. The molecule has 0 heterocycles. The van der Waals surface area contributed by atoms with E-state index in [0.29, 0.717) is 0 Å². The maximum atomic E-state index is 13.1. The van der Waals surface area contributed by atoms with Crippen molar-refractivity contribution in [2.45, 2.75) is 25.1 Å². The van der Waals surface area contributed by atoms with E-state index < -0.39 is 29.7 Å². The molecule has 26 heavy (non-hydrogen) atoms. The van der Waals surface area contributed by atoms with Crippen LogP contribution in [-0.2, 0) is 33.3 Å². The molecule has 0 fully saturated rings. The Morgan fingerprint density at radius 2 is 1.65 bits per heavy atom. The van der Waals surface area contributed by atoms with Crippen molar-refractivity contribution in [1.29, 1.82) is 0 Å². The number of methoxy groups -OCH3 is 1. The van der Waals surface area contributed by atoms with Gasteiger partial charge in [-0.05, 0) is 17.2 Å². The summed E-state index contributed by atoms with van der Waals surface area (Å²) in [6, 6.07) is 12.5. The summed E-state index contributed by atoms with van der Waals surface area (Å²) >= 11 is 0. The molecule has 1 N–H and O–H groups in total. The number of hydrogen-bond acceptors (Lipinski definition) is 3. The lowest BCUT2D eigenvalue weighted by molar-refractivity contribution is -0.145. The summed E-state index contributed by atoms with van der Waals surface area (Å²) in [5.74, 6) is -1.28. The number of carbonyl (C=O) groups is 2. The number of nitrogens with one attached hydrogen (secondary N) is 1. The van der Waals surface area contributed by atoms with Crippen LogP contribution < -0.4 is 5.32 Å². The molecule has 2 aromatic rings. The molecular weight excluding hydrogens is 347 g/mol. The summed E-state index contributed by atoms with van der Waals surface area (Å²) in [5, 5.41) is 2.46. The summed E-state index contributed by atoms with van der Waals surface area (Å²) in [6.45, 7) is 0. The van der Waals surface area contributed by atoms with Crippen molar-refractivity contribution in [3.8, 4) is 0 Å². The van der Waals surface area contributed by atoms with E-state index in [4.69, 9.17) is 0 Å². The normalized spacial score (nSPS) is 12.3. The number of rotatable bonds is 6. The van der Waals surface area contributed by atoms with Gasteiger partial charge in [0.05, 0.1) is 19.1 Å². The third-order valence-corrected chi connectivity index (χ3v) is 3.78. The maximum absolute atomic E-state index is 13.1. The summed E-state index contributed by atoms with van der Waals surface area (Å²) in [6.07, 6.45) is -4.86. The fraction of sp³-hybridized carbons (Fsp3) is 0.263. The summed E-state index contributed by atoms with van der Waals surface area (Å²) in [7, 11) is 1.12. The maximum Gasteiger partial charge on any atom is 0.416 e. The van der Waals surface area contributed by atoms with Crippen molar-refractivity contribution in [2.75, 3.05) is 7.11 Å². The molecule has 0 aromatic heterocycles. The van der Waals surface area contributed by atoms with Gasteiger partial charge in [0.15, 0.2) is 0 Å². The lowest BCUT2D eigenvalue weighted by Gasteiger charge is -2.19. The lowest BCUT2D eigenvalue weighted by Crippen LogP contribution is -2.44. The van der Waals surface area contributed by atoms with Gasteiger partial charge >= 0.3 is 12.1 Å². The van der Waals surface area contributed by atoms with Crippen molar-refractivity contribution in [2.24, 2.45) is 0 Å². The first-order chi connectivity index (χ1) is 12.3. The van der Waals surface area contributed by atoms with Crippen LogP contribution >= 0.6 is 0 Å². The van der Waals surface area contributed by atoms with E-state index in [9.17, 15) is 22.8 Å². The SMILES string of the molecule is COC(=O)[C@H](Cc1ccccc1C(F)(F)F)NC(=O)Cc1ccccc1. The van der Waals surface area contributed by atoms with E-state index in [1.165, 1.54) is 18.2 Å². The zero-order valence-electron chi connectivity index (χ0n) is 14.0. The molecule has 2 rings (SSSR count). The van der Waals surface area contributed by atoms with Gasteiger partial charge in [-0.1, -0.05) is 48.5 Å². The lowest BCUT2D eigenvalue weighted by atomic mass is 9.99. The zero-order chi connectivity index (χ0) is 19.2. The molecule has 0 spiro atoms. The van der Waals surface area contributed by atoms with Crippen molar-refractivity contribution in [1.82, 2.24) is 5.32 Å². The molecule has 0 aliphatic heterocycles. The van der Waals surface area contributed by atoms with E-state index in [-0.39, 0.29) is 18.4 Å². The summed E-state index contributed by atoms with van der Waals surface area (Å²) < 4.78 is 44.0. The van der Waals surface area contributed by atoms with Gasteiger partial charge in [-0.15, -0.1) is 0 Å². The molecule has 1 amide bonds. The number of alkyl halides is 3. The monoisotopic (exact) mass is 365 g/mol. The third-order valence-electron chi connectivity index (χ3n) is 3.78. The summed E-state index contributed by atoms with van der Waals surface area (Å²) in [5.41, 5.74) is -0.203. The minimum absolute atomic E-state index is 0.00918. The Bertz CT molecular complexity index is 760. The smallest absolute Gasteiger partial charge is 0.416 e. The predicted molar refractivity (Wildman–Crippen MR) is 89.2 cm³/mol. The largest absolute Gasteiger partial charge is 0.467 e. The average molecular weight is 365 g/mol. The number of carbonyl (C=O) groups excluding carboxylic acids is 2. The van der Waals surface area contributed by atoms with Crippen molar-refractivity contribution < 1.29 is 27.5 Å². The molecule has 0 unspecified atom stereocenters. The molecule has 0 saturated carbocycles. The quantitative estimate of drug-likeness (QED) is 0.800. The molecule has 7 heteroatoms. The first-order valence-electron chi connectivity index (χ1n) is 7.87. The molecule has 2 aromatic carbocycles. The predicted octanol–water partition coefficient (Wildman–Crippen LogP) is 3.15. The Morgan fingerprint density at radius 1 is 1.04 bits per heavy atom. The minimum atomic E-state index is -4.55. The number of esters is 1. The number of amides is 1. The second-order valence-electron chi connectivity index (χ2n) is 5.66. The average Bonchev–Trinajstić information content (AvgIpc) is 2.61. The van der Waals surface area contributed by atoms with Crippen LogP contribution in [0.25, 0.3) is 0 Å². The number of benzene rings is 2. The molecular formula is C19H18F3NO3. The van der Waals surface area contributed by atoms with Gasteiger partial charge in [0, 0.05) is 6.42 Å². The van der Waals surface area contributed by atoms with Crippen molar-refractivity contribution in [3.05, 3.63) is 71.3 Å². The molecule has 1 atom stereocenters. The molecule has 0 radical (unpaired) electrons. The number of hydrogen-bond donors (Lipinski definition) is 1. The van der Waals surface area contributed by atoms with Gasteiger partial charge in [0.25, 0.3) is 0 Å². The Labute approximate surface area is 149 Å². The molecule has 0 bridgehead atoms. The van der Waals surface area contributed by atoms with E-state index in [1.54, 1.807) is 30.3 Å². The van der Waals surface area contributed by atoms with Crippen molar-refractivity contribution in [3.63, 3.8) is 0 Å². The Morgan fingerprint density at radius 3 is 2.27 bits per heavy atom. The van der Waals surface area contributed by atoms with Gasteiger partial charge in [-0.3, -0.25) is 4.79 Å². The van der Waals surface area contributed by atoms with Crippen LogP contribution in [0.3, 0.4) is 0 Å². The van der Waals surface area contributed by atoms with Gasteiger partial charge in [-0.25, -0.2) is 4.79 Å². The fourth-order valence-corrected chi connectivity index (χ4v) is 2.56. The number of ether oxygens (including phenoxy) is 1. The molecule has 4 nitrogen and oxygen atoms in total. The first kappa shape index (κ1) is 19.5. The third kappa shape index (κ3) is 5.34. The second-order valence-corrected chi connectivity index (χ2v) is 5.66. The highest BCUT2D eigenvalue weighted by atomic mass is 19.4. The van der Waals surface area contributed by atoms with Crippen LogP contribution in [0.5, 0.6) is 0 Å². The van der Waals surface area contributed by atoms with E-state index >= 15 is 0 Å². The van der Waals surface area contributed by atoms with Crippen molar-refractivity contribution >= 4 is 11.9 Å². The minimum Gasteiger partial charge on any atom is -0.467 e. The van der Waals surface area contributed by atoms with Crippen LogP contribution in [0.1, 0.15) is 16.7 Å². The highest BCUT2D eigenvalue weighted by Crippen LogP contribution is 2.32. The topological polar surface area (TPSA) is 55.4 Å². The Kier molecular flexibility index (Phi) is 6.38. The van der Waals surface area contributed by atoms with E-state index in [2.05, 4.69) is 10.1 Å². The molecule has 138 valence electrons. The number of halogens is 3. The van der Waals surface area contributed by atoms with Gasteiger partial charge in [0.2, 0.25) is 5.91 Å². The molecule has 0 aliphatic rings. The van der Waals surface area contributed by atoms with Gasteiger partial charge in [-0.2, -0.15) is 13.2 Å². The zero-order valence-corrected chi connectivity index (χ0v) is 14.0. The highest BCUT2D eigenvalue weighted by Gasteiger charge is 2.34. The standard InChI is InChI=1S/C19H18F3NO3/c1-26-18(25)16(23-17(24)11-13-7-3-2-4-8-13)12-14-9-5-6-10-15(14)19(20,21)22/h2-10,16H,11-12H2,1H3,(H,23,24)/t16-/m0/s1. The Hall–Kier alpha value is -2.83.